The Morgan fingerprint density at radius 3 is 2.89 bits per heavy atom. The fourth-order valence-electron chi connectivity index (χ4n) is 1.75. The van der Waals surface area contributed by atoms with Gasteiger partial charge < -0.3 is 0 Å². The summed E-state index contributed by atoms with van der Waals surface area (Å²) in [5, 5.41) is 7.10. The van der Waals surface area contributed by atoms with Gasteiger partial charge in [0.05, 0.1) is 10.3 Å². The molecule has 0 aliphatic rings. The van der Waals surface area contributed by atoms with Crippen LogP contribution < -0.4 is 0 Å². The molecule has 0 aromatic carbocycles. The van der Waals surface area contributed by atoms with Gasteiger partial charge in [-0.05, 0) is 52.4 Å². The molecular weight excluding hydrogens is 344 g/mol. The van der Waals surface area contributed by atoms with Crippen LogP contribution in [0.3, 0.4) is 0 Å². The largest absolute Gasteiger partial charge is 0.294 e. The van der Waals surface area contributed by atoms with Crippen LogP contribution in [0.1, 0.15) is 4.88 Å². The smallest absolute Gasteiger partial charge is 0.195 e. The van der Waals surface area contributed by atoms with Gasteiger partial charge in [-0.25, -0.2) is 0 Å². The average molecular weight is 353 g/mol. The Labute approximate surface area is 127 Å². The van der Waals surface area contributed by atoms with Crippen LogP contribution in [0.2, 0.25) is 0 Å². The zero-order valence-electron chi connectivity index (χ0n) is 9.71. The summed E-state index contributed by atoms with van der Waals surface area (Å²) in [5.41, 5.74) is 0.811. The summed E-state index contributed by atoms with van der Waals surface area (Å²) in [6.07, 6.45) is 1.75. The van der Waals surface area contributed by atoms with Gasteiger partial charge in [-0.1, -0.05) is 6.07 Å². The van der Waals surface area contributed by atoms with Gasteiger partial charge in [-0.3, -0.25) is 14.6 Å². The third kappa shape index (κ3) is 2.68. The van der Waals surface area contributed by atoms with E-state index in [1.54, 1.807) is 17.5 Å². The molecule has 0 saturated heterocycles. The fourth-order valence-corrected chi connectivity index (χ4v) is 3.42. The molecule has 0 aliphatic heterocycles. The minimum Gasteiger partial charge on any atom is -0.294 e. The van der Waals surface area contributed by atoms with Crippen molar-refractivity contribution in [1.82, 2.24) is 19.7 Å². The van der Waals surface area contributed by atoms with Crippen molar-refractivity contribution in [2.75, 3.05) is 0 Å². The van der Waals surface area contributed by atoms with E-state index in [9.17, 15) is 0 Å². The molecule has 0 radical (unpaired) electrons. The van der Waals surface area contributed by atoms with Crippen LogP contribution in [0.4, 0.5) is 0 Å². The molecule has 0 unspecified atom stereocenters. The second-order valence-electron chi connectivity index (χ2n) is 3.86. The van der Waals surface area contributed by atoms with Crippen LogP contribution >= 0.6 is 39.5 Å². The third-order valence-corrected chi connectivity index (χ3v) is 4.52. The van der Waals surface area contributed by atoms with Crippen LogP contribution in [0.25, 0.3) is 11.5 Å². The second kappa shape index (κ2) is 5.36. The first kappa shape index (κ1) is 12.7. The average Bonchev–Trinajstić information content (AvgIpc) is 2.99. The van der Waals surface area contributed by atoms with Gasteiger partial charge in [0.2, 0.25) is 0 Å². The van der Waals surface area contributed by atoms with Crippen molar-refractivity contribution in [2.24, 2.45) is 0 Å². The van der Waals surface area contributed by atoms with Gasteiger partial charge in [-0.15, -0.1) is 11.3 Å². The van der Waals surface area contributed by atoms with Crippen LogP contribution in [-0.2, 0) is 6.54 Å². The molecule has 7 heteroatoms. The minimum absolute atomic E-state index is 0.602. The van der Waals surface area contributed by atoms with Gasteiger partial charge in [0.1, 0.15) is 5.69 Å². The number of hydrogen-bond donors (Lipinski definition) is 1. The molecule has 0 spiro atoms. The van der Waals surface area contributed by atoms with Crippen molar-refractivity contribution in [2.45, 2.75) is 6.54 Å². The summed E-state index contributed by atoms with van der Waals surface area (Å²) < 4.78 is 3.66. The zero-order chi connectivity index (χ0) is 13.2. The summed E-state index contributed by atoms with van der Waals surface area (Å²) in [6.45, 7) is 0.692. The summed E-state index contributed by atoms with van der Waals surface area (Å²) in [5.74, 6) is 0.759. The first-order chi connectivity index (χ1) is 9.24. The molecule has 3 heterocycles. The maximum absolute atomic E-state index is 5.29. The SMILES string of the molecule is S=c1[nH]nc(-c2ccccn2)n1Cc1ccc(Br)s1. The van der Waals surface area contributed by atoms with E-state index in [4.69, 9.17) is 12.2 Å². The monoisotopic (exact) mass is 352 g/mol. The molecule has 96 valence electrons. The Bertz CT molecular complexity index is 744. The quantitative estimate of drug-likeness (QED) is 0.727. The highest BCUT2D eigenvalue weighted by Crippen LogP contribution is 2.24. The Hall–Kier alpha value is -1.31. The van der Waals surface area contributed by atoms with Gasteiger partial charge in [-0.2, -0.15) is 5.10 Å². The van der Waals surface area contributed by atoms with Crippen molar-refractivity contribution >= 4 is 39.5 Å². The van der Waals surface area contributed by atoms with Gasteiger partial charge in [0.25, 0.3) is 0 Å². The number of hydrogen-bond acceptors (Lipinski definition) is 4. The van der Waals surface area contributed by atoms with Crippen LogP contribution in [-0.4, -0.2) is 19.7 Å². The number of nitrogens with one attached hydrogen (secondary N) is 1. The summed E-state index contributed by atoms with van der Waals surface area (Å²) >= 11 is 10.4. The lowest BCUT2D eigenvalue weighted by molar-refractivity contribution is 0.799. The molecule has 0 aliphatic carbocycles. The predicted octanol–water partition coefficient (Wildman–Crippen LogP) is 3.87. The van der Waals surface area contributed by atoms with Crippen molar-refractivity contribution < 1.29 is 0 Å². The molecule has 19 heavy (non-hydrogen) atoms. The number of aromatic nitrogens is 4. The van der Waals surface area contributed by atoms with E-state index >= 15 is 0 Å². The number of thiophene rings is 1. The lowest BCUT2D eigenvalue weighted by Gasteiger charge is -2.04. The fraction of sp³-hybridized carbons (Fsp3) is 0.0833. The Morgan fingerprint density at radius 2 is 2.21 bits per heavy atom. The first-order valence-electron chi connectivity index (χ1n) is 5.55. The number of rotatable bonds is 3. The van der Waals surface area contributed by atoms with E-state index in [0.717, 1.165) is 15.3 Å². The van der Waals surface area contributed by atoms with Gasteiger partial charge in [0.15, 0.2) is 10.6 Å². The molecule has 3 aromatic rings. The predicted molar refractivity (Wildman–Crippen MR) is 81.8 cm³/mol. The standard InChI is InChI=1S/C12H9BrN4S2/c13-10-5-4-8(19-10)7-17-11(15-16-12(17)18)9-3-1-2-6-14-9/h1-6H,7H2,(H,16,18). The minimum atomic E-state index is 0.602. The molecule has 3 rings (SSSR count). The summed E-state index contributed by atoms with van der Waals surface area (Å²) in [4.78, 5) is 5.52. The molecular formula is C12H9BrN4S2. The molecule has 0 fully saturated rings. The highest BCUT2D eigenvalue weighted by molar-refractivity contribution is 9.11. The van der Waals surface area contributed by atoms with E-state index in [1.165, 1.54) is 4.88 Å². The van der Waals surface area contributed by atoms with Crippen molar-refractivity contribution in [3.05, 3.63) is 50.0 Å². The molecule has 0 atom stereocenters. The molecule has 0 saturated carbocycles. The maximum atomic E-state index is 5.29. The molecule has 4 nitrogen and oxygen atoms in total. The topological polar surface area (TPSA) is 46.5 Å². The highest BCUT2D eigenvalue weighted by atomic mass is 79.9. The van der Waals surface area contributed by atoms with Crippen LogP contribution in [0.5, 0.6) is 0 Å². The Morgan fingerprint density at radius 1 is 1.32 bits per heavy atom. The van der Waals surface area contributed by atoms with E-state index in [0.29, 0.717) is 11.3 Å². The maximum Gasteiger partial charge on any atom is 0.195 e. The number of pyridine rings is 1. The number of H-pyrrole nitrogens is 1. The normalized spacial score (nSPS) is 10.8. The van der Waals surface area contributed by atoms with E-state index in [-0.39, 0.29) is 0 Å². The molecule has 1 N–H and O–H groups in total. The van der Waals surface area contributed by atoms with Crippen molar-refractivity contribution in [1.29, 1.82) is 0 Å². The number of aromatic amines is 1. The van der Waals surface area contributed by atoms with Gasteiger partial charge in [0, 0.05) is 11.1 Å². The highest BCUT2D eigenvalue weighted by Gasteiger charge is 2.10. The zero-order valence-corrected chi connectivity index (χ0v) is 12.9. The Kier molecular flexibility index (Phi) is 3.58. The Balaban J connectivity index is 2.02. The number of halogens is 1. The first-order valence-corrected chi connectivity index (χ1v) is 7.56. The number of nitrogens with zero attached hydrogens (tertiary/aromatic N) is 3. The lowest BCUT2D eigenvalue weighted by atomic mass is 10.3. The molecule has 3 aromatic heterocycles. The van der Waals surface area contributed by atoms with E-state index in [2.05, 4.69) is 37.2 Å². The molecule has 0 bridgehead atoms. The summed E-state index contributed by atoms with van der Waals surface area (Å²) in [6, 6.07) is 9.85. The van der Waals surface area contributed by atoms with Crippen LogP contribution in [0, 0.1) is 4.77 Å². The lowest BCUT2D eigenvalue weighted by Crippen LogP contribution is -2.01. The van der Waals surface area contributed by atoms with E-state index < -0.39 is 0 Å². The third-order valence-electron chi connectivity index (χ3n) is 2.60. The van der Waals surface area contributed by atoms with Gasteiger partial charge >= 0.3 is 0 Å². The van der Waals surface area contributed by atoms with Crippen LogP contribution in [0.15, 0.2) is 40.3 Å². The second-order valence-corrected chi connectivity index (χ2v) is 6.79. The van der Waals surface area contributed by atoms with Crippen molar-refractivity contribution in [3.8, 4) is 11.5 Å². The van der Waals surface area contributed by atoms with Crippen molar-refractivity contribution in [3.63, 3.8) is 0 Å². The molecule has 0 amide bonds. The van der Waals surface area contributed by atoms with E-state index in [1.807, 2.05) is 28.8 Å². The summed E-state index contributed by atoms with van der Waals surface area (Å²) in [7, 11) is 0.